The molecule has 0 aliphatic carbocycles. The van der Waals surface area contributed by atoms with Gasteiger partial charge in [-0.1, -0.05) is 13.0 Å². The zero-order valence-corrected chi connectivity index (χ0v) is 19.4. The summed E-state index contributed by atoms with van der Waals surface area (Å²) in [5.74, 6) is 1.73. The van der Waals surface area contributed by atoms with E-state index in [9.17, 15) is 9.59 Å². The molecule has 1 saturated heterocycles. The molecule has 1 fully saturated rings. The fourth-order valence-electron chi connectivity index (χ4n) is 4.88. The normalized spacial score (nSPS) is 19.1. The van der Waals surface area contributed by atoms with Gasteiger partial charge in [0.05, 0.1) is 33.4 Å². The van der Waals surface area contributed by atoms with E-state index in [1.54, 1.807) is 14.2 Å². The van der Waals surface area contributed by atoms with Crippen LogP contribution < -0.4 is 25.8 Å². The molecule has 176 valence electrons. The molecule has 2 aliphatic heterocycles. The number of imidazole rings is 1. The standard InChI is InChI=1S/C23H30N6O4/c1-16-14-28(17-5-4-6-18(13-17)32-3)22-24-20-19(29(22)15-16)21(30)27(23(31)25(20)2)8-7-26-9-11-33-12-10-26/h4-6,13,16H,7-12,14-15H2,1-3H3/p+1/t16-/m1/s1. The molecular weight excluding hydrogens is 424 g/mol. The van der Waals surface area contributed by atoms with Crippen LogP contribution in [0.1, 0.15) is 6.92 Å². The van der Waals surface area contributed by atoms with Gasteiger partial charge in [0.2, 0.25) is 5.95 Å². The summed E-state index contributed by atoms with van der Waals surface area (Å²) in [6.45, 7) is 7.92. The summed E-state index contributed by atoms with van der Waals surface area (Å²) in [7, 11) is 3.34. The van der Waals surface area contributed by atoms with Crippen LogP contribution in [0, 0.1) is 5.92 Å². The number of hydrogen-bond acceptors (Lipinski definition) is 6. The minimum Gasteiger partial charge on any atom is -0.497 e. The van der Waals surface area contributed by atoms with Gasteiger partial charge in [-0.25, -0.2) is 4.79 Å². The van der Waals surface area contributed by atoms with Crippen LogP contribution in [-0.4, -0.2) is 65.2 Å². The van der Waals surface area contributed by atoms with E-state index in [1.165, 1.54) is 14.0 Å². The average Bonchev–Trinajstić information content (AvgIpc) is 3.22. The summed E-state index contributed by atoms with van der Waals surface area (Å²) in [5, 5.41) is 0. The van der Waals surface area contributed by atoms with Crippen LogP contribution in [-0.2, 0) is 24.9 Å². The molecule has 4 heterocycles. The molecular formula is C23H31N6O4+. The van der Waals surface area contributed by atoms with E-state index in [1.807, 2.05) is 28.8 Å². The molecule has 0 saturated carbocycles. The quantitative estimate of drug-likeness (QED) is 0.564. The number of nitrogens with zero attached hydrogens (tertiary/aromatic N) is 5. The Morgan fingerprint density at radius 1 is 1.21 bits per heavy atom. The van der Waals surface area contributed by atoms with Gasteiger partial charge in [-0.05, 0) is 18.1 Å². The molecule has 0 amide bonds. The monoisotopic (exact) mass is 455 g/mol. The van der Waals surface area contributed by atoms with E-state index in [0.717, 1.165) is 50.8 Å². The van der Waals surface area contributed by atoms with E-state index in [2.05, 4.69) is 11.8 Å². The first-order valence-electron chi connectivity index (χ1n) is 11.5. The Bertz CT molecular complexity index is 1290. The maximum absolute atomic E-state index is 13.6. The van der Waals surface area contributed by atoms with E-state index in [-0.39, 0.29) is 11.2 Å². The minimum atomic E-state index is -0.323. The number of benzene rings is 1. The van der Waals surface area contributed by atoms with Crippen LogP contribution in [0.4, 0.5) is 11.6 Å². The number of aromatic nitrogens is 4. The number of methoxy groups -OCH3 is 1. The molecule has 5 rings (SSSR count). The molecule has 33 heavy (non-hydrogen) atoms. The molecule has 10 heteroatoms. The minimum absolute atomic E-state index is 0.265. The number of hydrogen-bond donors (Lipinski definition) is 1. The summed E-state index contributed by atoms with van der Waals surface area (Å²) in [6, 6.07) is 7.81. The van der Waals surface area contributed by atoms with Gasteiger partial charge >= 0.3 is 5.69 Å². The number of fused-ring (bicyclic) bond motifs is 3. The van der Waals surface area contributed by atoms with Gasteiger partial charge in [-0.15, -0.1) is 0 Å². The van der Waals surface area contributed by atoms with Crippen molar-refractivity contribution in [3.05, 3.63) is 45.1 Å². The Morgan fingerprint density at radius 2 is 2.00 bits per heavy atom. The van der Waals surface area contributed by atoms with Crippen LogP contribution in [0.15, 0.2) is 33.9 Å². The number of anilines is 2. The van der Waals surface area contributed by atoms with Gasteiger partial charge in [0.25, 0.3) is 5.56 Å². The van der Waals surface area contributed by atoms with Crippen molar-refractivity contribution in [3.8, 4) is 5.75 Å². The van der Waals surface area contributed by atoms with Crippen molar-refractivity contribution in [1.82, 2.24) is 18.7 Å². The van der Waals surface area contributed by atoms with E-state index in [4.69, 9.17) is 14.5 Å². The third kappa shape index (κ3) is 3.83. The lowest BCUT2D eigenvalue weighted by Gasteiger charge is -2.33. The van der Waals surface area contributed by atoms with E-state index >= 15 is 0 Å². The van der Waals surface area contributed by atoms with Gasteiger partial charge in [0.1, 0.15) is 18.8 Å². The molecule has 10 nitrogen and oxygen atoms in total. The lowest BCUT2D eigenvalue weighted by Crippen LogP contribution is -3.14. The molecule has 0 spiro atoms. The summed E-state index contributed by atoms with van der Waals surface area (Å²) < 4.78 is 15.7. The summed E-state index contributed by atoms with van der Waals surface area (Å²) >= 11 is 0. The zero-order chi connectivity index (χ0) is 23.1. The van der Waals surface area contributed by atoms with E-state index < -0.39 is 0 Å². The Kier molecular flexibility index (Phi) is 5.71. The zero-order valence-electron chi connectivity index (χ0n) is 19.4. The number of quaternary nitrogens is 1. The Morgan fingerprint density at radius 3 is 2.76 bits per heavy atom. The van der Waals surface area contributed by atoms with Crippen molar-refractivity contribution in [1.29, 1.82) is 0 Å². The highest BCUT2D eigenvalue weighted by Crippen LogP contribution is 2.34. The van der Waals surface area contributed by atoms with Crippen molar-refractivity contribution in [2.75, 3.05) is 51.4 Å². The molecule has 2 aromatic heterocycles. The number of aryl methyl sites for hydroxylation is 1. The number of rotatable bonds is 5. The predicted molar refractivity (Wildman–Crippen MR) is 125 cm³/mol. The number of nitrogens with one attached hydrogen (secondary N) is 1. The number of ether oxygens (including phenoxy) is 2. The van der Waals surface area contributed by atoms with Gasteiger partial charge in [-0.2, -0.15) is 4.98 Å². The fourth-order valence-corrected chi connectivity index (χ4v) is 4.88. The van der Waals surface area contributed by atoms with Crippen LogP contribution in [0.25, 0.3) is 11.2 Å². The average molecular weight is 456 g/mol. The number of morpholine rings is 1. The van der Waals surface area contributed by atoms with Gasteiger partial charge < -0.3 is 23.8 Å². The lowest BCUT2D eigenvalue weighted by molar-refractivity contribution is -0.908. The SMILES string of the molecule is COc1cccc(N2C[C@@H](C)Cn3c2nc2c3c(=O)n(CC[NH+]3CCOCC3)c(=O)n2C)c1. The van der Waals surface area contributed by atoms with Gasteiger partial charge in [-0.3, -0.25) is 13.9 Å². The molecule has 0 bridgehead atoms. The molecule has 3 aromatic rings. The second-order valence-electron chi connectivity index (χ2n) is 9.02. The second-order valence-corrected chi connectivity index (χ2v) is 9.02. The highest BCUT2D eigenvalue weighted by atomic mass is 16.5. The van der Waals surface area contributed by atoms with Crippen molar-refractivity contribution in [3.63, 3.8) is 0 Å². The molecule has 1 N–H and O–H groups in total. The molecule has 1 aromatic carbocycles. The third-order valence-electron chi connectivity index (χ3n) is 6.70. The Labute approximate surface area is 191 Å². The van der Waals surface area contributed by atoms with Crippen LogP contribution in [0.3, 0.4) is 0 Å². The predicted octanol–water partition coefficient (Wildman–Crippen LogP) is -0.392. The first-order valence-corrected chi connectivity index (χ1v) is 11.5. The van der Waals surface area contributed by atoms with Crippen molar-refractivity contribution >= 4 is 22.8 Å². The smallest absolute Gasteiger partial charge is 0.332 e. The maximum atomic E-state index is 13.6. The summed E-state index contributed by atoms with van der Waals surface area (Å²) in [4.78, 5) is 34.9. The molecule has 0 radical (unpaired) electrons. The van der Waals surface area contributed by atoms with Gasteiger partial charge in [0.15, 0.2) is 11.2 Å². The Hall–Kier alpha value is -3.11. The van der Waals surface area contributed by atoms with Crippen molar-refractivity contribution in [2.24, 2.45) is 13.0 Å². The maximum Gasteiger partial charge on any atom is 0.332 e. The van der Waals surface area contributed by atoms with E-state index in [0.29, 0.717) is 36.1 Å². The van der Waals surface area contributed by atoms with Crippen LogP contribution in [0.2, 0.25) is 0 Å². The molecule has 1 atom stereocenters. The third-order valence-corrected chi connectivity index (χ3v) is 6.70. The second kappa shape index (κ2) is 8.68. The lowest BCUT2D eigenvalue weighted by atomic mass is 10.1. The Balaban J connectivity index is 1.60. The van der Waals surface area contributed by atoms with Crippen LogP contribution >= 0.6 is 0 Å². The summed E-state index contributed by atoms with van der Waals surface area (Å²) in [5.41, 5.74) is 1.27. The topological polar surface area (TPSA) is 88.0 Å². The van der Waals surface area contributed by atoms with Crippen LogP contribution in [0.5, 0.6) is 5.75 Å². The molecule has 2 aliphatic rings. The first kappa shape index (κ1) is 21.7. The highest BCUT2D eigenvalue weighted by molar-refractivity contribution is 5.77. The highest BCUT2D eigenvalue weighted by Gasteiger charge is 2.30. The fraction of sp³-hybridized carbons (Fsp3) is 0.522. The van der Waals surface area contributed by atoms with Crippen molar-refractivity contribution in [2.45, 2.75) is 20.0 Å². The van der Waals surface area contributed by atoms with Gasteiger partial charge in [0, 0.05) is 31.9 Å². The largest absolute Gasteiger partial charge is 0.497 e. The first-order chi connectivity index (χ1) is 16.0. The molecule has 0 unspecified atom stereocenters. The van der Waals surface area contributed by atoms with Crippen molar-refractivity contribution < 1.29 is 14.4 Å². The summed E-state index contributed by atoms with van der Waals surface area (Å²) in [6.07, 6.45) is 0.